The Kier molecular flexibility index (Phi) is 2.79. The van der Waals surface area contributed by atoms with Crippen LogP contribution in [0.3, 0.4) is 0 Å². The summed E-state index contributed by atoms with van der Waals surface area (Å²) in [4.78, 5) is 24.7. The average molecular weight is 241 g/mol. The Balaban J connectivity index is 2.08. The first-order valence-electron chi connectivity index (χ1n) is 6.04. The summed E-state index contributed by atoms with van der Waals surface area (Å²) < 4.78 is 5.32. The van der Waals surface area contributed by atoms with Gasteiger partial charge in [0.25, 0.3) is 0 Å². The number of carboxylic acid groups (broad SMARTS) is 1. The van der Waals surface area contributed by atoms with Crippen LogP contribution in [0.4, 0.5) is 4.79 Å². The number of hydrogen-bond acceptors (Lipinski definition) is 3. The number of fused-ring (bicyclic) bond motifs is 2. The molecule has 0 saturated carbocycles. The first kappa shape index (κ1) is 12.2. The van der Waals surface area contributed by atoms with Crippen molar-refractivity contribution < 1.29 is 19.4 Å². The van der Waals surface area contributed by atoms with E-state index in [4.69, 9.17) is 9.84 Å². The number of carbonyl (C=O) groups excluding carboxylic acids is 1. The van der Waals surface area contributed by atoms with Crippen molar-refractivity contribution >= 4 is 12.1 Å². The Morgan fingerprint density at radius 3 is 2.41 bits per heavy atom. The lowest BCUT2D eigenvalue weighted by atomic mass is 9.89. The van der Waals surface area contributed by atoms with Gasteiger partial charge in [-0.25, -0.2) is 4.79 Å². The lowest BCUT2D eigenvalue weighted by Crippen LogP contribution is -2.41. The highest BCUT2D eigenvalue weighted by atomic mass is 16.6. The zero-order chi connectivity index (χ0) is 12.8. The molecule has 0 aromatic rings. The van der Waals surface area contributed by atoms with Crippen LogP contribution < -0.4 is 0 Å². The molecule has 2 aliphatic rings. The third kappa shape index (κ3) is 2.23. The Labute approximate surface area is 101 Å². The maximum Gasteiger partial charge on any atom is 0.410 e. The predicted octanol–water partition coefficient (Wildman–Crippen LogP) is 1.86. The molecule has 0 aromatic heterocycles. The van der Waals surface area contributed by atoms with Crippen molar-refractivity contribution in [3.8, 4) is 0 Å². The van der Waals surface area contributed by atoms with Crippen molar-refractivity contribution in [1.29, 1.82) is 0 Å². The number of rotatable bonds is 1. The summed E-state index contributed by atoms with van der Waals surface area (Å²) >= 11 is 0. The van der Waals surface area contributed by atoms with Gasteiger partial charge in [-0.2, -0.15) is 0 Å². The van der Waals surface area contributed by atoms with E-state index in [0.717, 1.165) is 12.8 Å². The van der Waals surface area contributed by atoms with Crippen molar-refractivity contribution in [3.05, 3.63) is 0 Å². The fourth-order valence-corrected chi connectivity index (χ4v) is 2.85. The Morgan fingerprint density at radius 2 is 1.94 bits per heavy atom. The highest BCUT2D eigenvalue weighted by Gasteiger charge is 2.52. The number of hydrogen-bond donors (Lipinski definition) is 1. The minimum atomic E-state index is -0.800. The minimum absolute atomic E-state index is 0.0518. The van der Waals surface area contributed by atoms with Crippen molar-refractivity contribution in [2.24, 2.45) is 5.92 Å². The SMILES string of the molecule is CC(C)(C)OC(=O)N1[C@@H]2CC[C@@H]1[C@H](C(=O)O)C2. The van der Waals surface area contributed by atoms with E-state index in [1.54, 1.807) is 4.90 Å². The summed E-state index contributed by atoms with van der Waals surface area (Å²) in [6.07, 6.45) is 1.88. The molecular formula is C12H19NO4. The molecule has 2 fully saturated rings. The molecule has 1 N–H and O–H groups in total. The van der Waals surface area contributed by atoms with Crippen molar-refractivity contribution in [3.63, 3.8) is 0 Å². The van der Waals surface area contributed by atoms with E-state index in [1.165, 1.54) is 0 Å². The molecule has 2 heterocycles. The predicted molar refractivity (Wildman–Crippen MR) is 60.6 cm³/mol. The third-order valence-corrected chi connectivity index (χ3v) is 3.46. The normalized spacial score (nSPS) is 31.7. The molecule has 2 bridgehead atoms. The first-order valence-corrected chi connectivity index (χ1v) is 6.04. The second kappa shape index (κ2) is 3.89. The van der Waals surface area contributed by atoms with Gasteiger partial charge in [-0.1, -0.05) is 0 Å². The summed E-state index contributed by atoms with van der Waals surface area (Å²) in [5.41, 5.74) is -0.530. The Morgan fingerprint density at radius 1 is 1.29 bits per heavy atom. The van der Waals surface area contributed by atoms with E-state index in [-0.39, 0.29) is 18.2 Å². The molecule has 96 valence electrons. The molecule has 2 saturated heterocycles. The number of carbonyl (C=O) groups is 2. The Bertz CT molecular complexity index is 347. The highest BCUT2D eigenvalue weighted by molar-refractivity contribution is 5.76. The van der Waals surface area contributed by atoms with E-state index in [9.17, 15) is 9.59 Å². The van der Waals surface area contributed by atoms with Crippen LogP contribution in [0.5, 0.6) is 0 Å². The van der Waals surface area contributed by atoms with Crippen LogP contribution in [0.15, 0.2) is 0 Å². The van der Waals surface area contributed by atoms with Crippen LogP contribution in [0.25, 0.3) is 0 Å². The number of aliphatic carboxylic acids is 1. The third-order valence-electron chi connectivity index (χ3n) is 3.46. The second-order valence-corrected chi connectivity index (χ2v) is 5.87. The van der Waals surface area contributed by atoms with Gasteiger partial charge < -0.3 is 14.7 Å². The topological polar surface area (TPSA) is 66.8 Å². The standard InChI is InChI=1S/C12H19NO4/c1-12(2,3)17-11(16)13-7-4-5-9(13)8(6-7)10(14)15/h7-9H,4-6H2,1-3H3,(H,14,15)/t7-,8-,9-/m1/s1. The summed E-state index contributed by atoms with van der Waals surface area (Å²) in [5.74, 6) is -1.22. The molecule has 0 aromatic carbocycles. The molecule has 3 atom stereocenters. The molecule has 0 aliphatic carbocycles. The maximum absolute atomic E-state index is 12.0. The van der Waals surface area contributed by atoms with Crippen LogP contribution in [-0.2, 0) is 9.53 Å². The van der Waals surface area contributed by atoms with Gasteiger partial charge in [-0.15, -0.1) is 0 Å². The van der Waals surface area contributed by atoms with Crippen molar-refractivity contribution in [1.82, 2.24) is 4.90 Å². The van der Waals surface area contributed by atoms with Gasteiger partial charge in [0, 0.05) is 12.1 Å². The van der Waals surface area contributed by atoms with Gasteiger partial charge in [0.1, 0.15) is 5.60 Å². The van der Waals surface area contributed by atoms with E-state index < -0.39 is 17.5 Å². The zero-order valence-corrected chi connectivity index (χ0v) is 10.5. The molecule has 0 spiro atoms. The van der Waals surface area contributed by atoms with Gasteiger partial charge in [0.05, 0.1) is 5.92 Å². The quantitative estimate of drug-likeness (QED) is 0.761. The molecular weight excluding hydrogens is 222 g/mol. The number of ether oxygens (including phenoxy) is 1. The van der Waals surface area contributed by atoms with Crippen LogP contribution in [-0.4, -0.2) is 39.8 Å². The fraction of sp³-hybridized carbons (Fsp3) is 0.833. The van der Waals surface area contributed by atoms with Gasteiger partial charge in [0.2, 0.25) is 0 Å². The van der Waals surface area contributed by atoms with Gasteiger partial charge >= 0.3 is 12.1 Å². The lowest BCUT2D eigenvalue weighted by Gasteiger charge is -2.27. The fourth-order valence-electron chi connectivity index (χ4n) is 2.85. The molecule has 0 radical (unpaired) electrons. The molecule has 5 heteroatoms. The Hall–Kier alpha value is -1.26. The summed E-state index contributed by atoms with van der Waals surface area (Å²) in [5, 5.41) is 9.09. The van der Waals surface area contributed by atoms with E-state index >= 15 is 0 Å². The zero-order valence-electron chi connectivity index (χ0n) is 10.5. The van der Waals surface area contributed by atoms with E-state index in [1.807, 2.05) is 20.8 Å². The smallest absolute Gasteiger partial charge is 0.410 e. The maximum atomic E-state index is 12.0. The number of nitrogens with zero attached hydrogens (tertiary/aromatic N) is 1. The average Bonchev–Trinajstić information content (AvgIpc) is 2.70. The molecule has 2 rings (SSSR count). The van der Waals surface area contributed by atoms with E-state index in [0.29, 0.717) is 6.42 Å². The minimum Gasteiger partial charge on any atom is -0.481 e. The summed E-state index contributed by atoms with van der Waals surface area (Å²) in [6, 6.07) is -0.122. The summed E-state index contributed by atoms with van der Waals surface area (Å²) in [6.45, 7) is 5.45. The lowest BCUT2D eigenvalue weighted by molar-refractivity contribution is -0.142. The van der Waals surface area contributed by atoms with Crippen LogP contribution in [0.1, 0.15) is 40.0 Å². The highest BCUT2D eigenvalue weighted by Crippen LogP contribution is 2.42. The van der Waals surface area contributed by atoms with Crippen LogP contribution >= 0.6 is 0 Å². The van der Waals surface area contributed by atoms with Crippen LogP contribution in [0, 0.1) is 5.92 Å². The molecule has 5 nitrogen and oxygen atoms in total. The molecule has 1 amide bonds. The largest absolute Gasteiger partial charge is 0.481 e. The second-order valence-electron chi connectivity index (χ2n) is 5.87. The van der Waals surface area contributed by atoms with Crippen molar-refractivity contribution in [2.45, 2.75) is 57.7 Å². The molecule has 17 heavy (non-hydrogen) atoms. The molecule has 0 unspecified atom stereocenters. The van der Waals surface area contributed by atoms with Crippen LogP contribution in [0.2, 0.25) is 0 Å². The van der Waals surface area contributed by atoms with Gasteiger partial charge in [-0.05, 0) is 40.0 Å². The monoisotopic (exact) mass is 241 g/mol. The van der Waals surface area contributed by atoms with Crippen molar-refractivity contribution in [2.75, 3.05) is 0 Å². The molecule has 2 aliphatic heterocycles. The number of carboxylic acids is 1. The summed E-state index contributed by atoms with van der Waals surface area (Å²) in [7, 11) is 0. The first-order chi connectivity index (χ1) is 7.79. The van der Waals surface area contributed by atoms with Gasteiger partial charge in [-0.3, -0.25) is 4.79 Å². The van der Waals surface area contributed by atoms with E-state index in [2.05, 4.69) is 0 Å². The van der Waals surface area contributed by atoms with Gasteiger partial charge in [0.15, 0.2) is 0 Å². The number of amides is 1.